The third kappa shape index (κ3) is 9.60. The van der Waals surface area contributed by atoms with Crippen LogP contribution in [-0.4, -0.2) is 63.5 Å². The first-order valence-electron chi connectivity index (χ1n) is 12.1. The second-order valence-corrected chi connectivity index (χ2v) is 10.2. The summed E-state index contributed by atoms with van der Waals surface area (Å²) in [6, 6.07) is 1.17. The van der Waals surface area contributed by atoms with E-state index in [1.807, 2.05) is 26.8 Å². The van der Waals surface area contributed by atoms with Crippen molar-refractivity contribution in [3.63, 3.8) is 0 Å². The van der Waals surface area contributed by atoms with Gasteiger partial charge in [-0.3, -0.25) is 14.4 Å². The van der Waals surface area contributed by atoms with Gasteiger partial charge in [-0.1, -0.05) is 41.5 Å². The molecule has 13 heteroatoms. The van der Waals surface area contributed by atoms with Crippen LogP contribution >= 0.6 is 0 Å². The minimum atomic E-state index is -4.95. The molecule has 212 valence electrons. The summed E-state index contributed by atoms with van der Waals surface area (Å²) in [6.07, 6.45) is 5.48. The number of fused-ring (bicyclic) bond motifs is 1. The zero-order valence-corrected chi connectivity index (χ0v) is 22.8. The molecule has 1 saturated heterocycles. The van der Waals surface area contributed by atoms with E-state index in [0.717, 1.165) is 5.92 Å². The third-order valence-corrected chi connectivity index (χ3v) is 5.71. The molecule has 10 nitrogen and oxygen atoms in total. The normalized spacial score (nSPS) is 16.5. The van der Waals surface area contributed by atoms with Gasteiger partial charge in [0, 0.05) is 31.0 Å². The highest BCUT2D eigenvalue weighted by molar-refractivity contribution is 5.87. The molecule has 1 unspecified atom stereocenters. The number of halogens is 3. The van der Waals surface area contributed by atoms with Gasteiger partial charge < -0.3 is 15.5 Å². The molecule has 0 bridgehead atoms. The molecule has 1 aliphatic heterocycles. The zero-order chi connectivity index (χ0) is 30.0. The summed E-state index contributed by atoms with van der Waals surface area (Å²) in [5.41, 5.74) is 1.41. The monoisotopic (exact) mass is 549 g/mol. The van der Waals surface area contributed by atoms with Crippen LogP contribution in [0.15, 0.2) is 18.6 Å². The Morgan fingerprint density at radius 2 is 1.95 bits per heavy atom. The average Bonchev–Trinajstić information content (AvgIpc) is 3.40. The van der Waals surface area contributed by atoms with E-state index in [0.29, 0.717) is 36.3 Å². The Morgan fingerprint density at radius 3 is 2.41 bits per heavy atom. The van der Waals surface area contributed by atoms with Crippen LogP contribution in [0, 0.1) is 40.9 Å². The molecule has 0 saturated carbocycles. The van der Waals surface area contributed by atoms with E-state index < -0.39 is 30.6 Å². The zero-order valence-electron chi connectivity index (χ0n) is 22.8. The highest BCUT2D eigenvalue weighted by Gasteiger charge is 2.41. The quantitative estimate of drug-likeness (QED) is 0.436. The molecule has 3 heterocycles. The molecule has 39 heavy (non-hydrogen) atoms. The minimum Gasteiger partial charge on any atom is -0.340 e. The first-order chi connectivity index (χ1) is 18.1. The first-order valence-corrected chi connectivity index (χ1v) is 12.1. The fourth-order valence-electron chi connectivity index (χ4n) is 3.40. The third-order valence-electron chi connectivity index (χ3n) is 5.71. The Kier molecular flexibility index (Phi) is 11.9. The number of hydrogen-bond acceptors (Lipinski definition) is 6. The Hall–Kier alpha value is -4.13. The molecular weight excluding hydrogens is 515 g/mol. The molecule has 1 aliphatic rings. The molecule has 1 fully saturated rings. The van der Waals surface area contributed by atoms with Crippen molar-refractivity contribution in [3.05, 3.63) is 29.8 Å². The van der Waals surface area contributed by atoms with Crippen LogP contribution in [0.5, 0.6) is 0 Å². The van der Waals surface area contributed by atoms with Crippen LogP contribution < -0.4 is 10.6 Å². The lowest BCUT2D eigenvalue weighted by Crippen LogP contribution is -2.44. The summed E-state index contributed by atoms with van der Waals surface area (Å²) in [5, 5.41) is 17.0. The number of amides is 3. The summed E-state index contributed by atoms with van der Waals surface area (Å²) >= 11 is 0. The molecule has 2 aromatic heterocycles. The molecule has 2 aromatic rings. The van der Waals surface area contributed by atoms with Crippen LogP contribution in [0.2, 0.25) is 0 Å². The van der Waals surface area contributed by atoms with Crippen molar-refractivity contribution in [2.45, 2.75) is 53.8 Å². The Bertz CT molecular complexity index is 1220. The molecule has 3 amide bonds. The van der Waals surface area contributed by atoms with E-state index in [1.54, 1.807) is 11.5 Å². The fourth-order valence-corrected chi connectivity index (χ4v) is 3.40. The highest BCUT2D eigenvalue weighted by atomic mass is 19.4. The lowest BCUT2D eigenvalue weighted by Gasteiger charge is -2.22. The molecule has 0 aromatic carbocycles. The number of nitriles is 1. The SMILES string of the molecule is C#Cc1nccn2ncc(C(C#N)NC=O)c12.CC(C)C.C[C@H]1CN(C(=O)CNC(=O)C(F)(F)F)CC1(C)C. The smallest absolute Gasteiger partial charge is 0.340 e. The number of carbonyl (C=O) groups is 3. The number of likely N-dealkylation sites (tertiary alicyclic amines) is 1. The number of terminal acetylenes is 1. The summed E-state index contributed by atoms with van der Waals surface area (Å²) in [5.74, 6) is 0.968. The molecule has 2 N–H and O–H groups in total. The van der Waals surface area contributed by atoms with E-state index in [-0.39, 0.29) is 11.3 Å². The minimum absolute atomic E-state index is 0.0519. The predicted octanol–water partition coefficient (Wildman–Crippen LogP) is 2.85. The lowest BCUT2D eigenvalue weighted by molar-refractivity contribution is -0.174. The summed E-state index contributed by atoms with van der Waals surface area (Å²) in [6.45, 7) is 12.9. The van der Waals surface area contributed by atoms with E-state index in [4.69, 9.17) is 11.7 Å². The van der Waals surface area contributed by atoms with Gasteiger partial charge in [-0.05, 0) is 23.2 Å². The molecular formula is C26H34F3N7O3. The summed E-state index contributed by atoms with van der Waals surface area (Å²) in [7, 11) is 0. The second-order valence-electron chi connectivity index (χ2n) is 10.2. The van der Waals surface area contributed by atoms with E-state index >= 15 is 0 Å². The summed E-state index contributed by atoms with van der Waals surface area (Å²) in [4.78, 5) is 38.1. The molecule has 0 spiro atoms. The first kappa shape index (κ1) is 32.9. The van der Waals surface area contributed by atoms with Gasteiger partial charge in [-0.2, -0.15) is 23.5 Å². The average molecular weight is 550 g/mol. The van der Waals surface area contributed by atoms with Crippen LogP contribution in [0.3, 0.4) is 0 Å². The maximum atomic E-state index is 11.9. The fraction of sp³-hybridized carbons (Fsp3) is 0.538. The van der Waals surface area contributed by atoms with Gasteiger partial charge in [0.05, 0.1) is 18.8 Å². The maximum Gasteiger partial charge on any atom is 0.471 e. The van der Waals surface area contributed by atoms with Gasteiger partial charge in [-0.25, -0.2) is 9.50 Å². The number of hydrogen-bond donors (Lipinski definition) is 2. The topological polar surface area (TPSA) is 132 Å². The van der Waals surface area contributed by atoms with Crippen molar-refractivity contribution in [3.8, 4) is 18.4 Å². The van der Waals surface area contributed by atoms with Crippen LogP contribution in [0.1, 0.15) is 58.8 Å². The van der Waals surface area contributed by atoms with Crippen LogP contribution in [0.25, 0.3) is 5.52 Å². The van der Waals surface area contributed by atoms with Crippen molar-refractivity contribution >= 4 is 23.7 Å². The van der Waals surface area contributed by atoms with Crippen molar-refractivity contribution in [1.29, 1.82) is 5.26 Å². The standard InChI is InChI=1S/C11H17F3N2O2.C11H7N5O.C4H10/c1-7-5-16(6-10(7,2)3)8(17)4-15-9(18)11(12,13)14;1-2-9-11-8(10(5-12)14-7-17)6-15-16(11)4-3-13-9;1-4(2)3/h7H,4-6H2,1-3H3,(H,15,18);1,3-4,6-7,10H,(H,14,17);4H,1-3H3/t7-;;/m0../s1. The Morgan fingerprint density at radius 1 is 1.33 bits per heavy atom. The number of alkyl halides is 3. The van der Waals surface area contributed by atoms with Crippen LogP contribution in [0.4, 0.5) is 13.2 Å². The van der Waals surface area contributed by atoms with Gasteiger partial charge in [-0.15, -0.1) is 6.42 Å². The number of nitrogens with zero attached hydrogens (tertiary/aromatic N) is 5. The van der Waals surface area contributed by atoms with Gasteiger partial charge in [0.25, 0.3) is 0 Å². The summed E-state index contributed by atoms with van der Waals surface area (Å²) < 4.78 is 37.3. The van der Waals surface area contributed by atoms with Crippen molar-refractivity contribution in [1.82, 2.24) is 30.1 Å². The van der Waals surface area contributed by atoms with E-state index in [9.17, 15) is 27.6 Å². The van der Waals surface area contributed by atoms with Gasteiger partial charge >= 0.3 is 12.1 Å². The maximum absolute atomic E-state index is 11.9. The van der Waals surface area contributed by atoms with Crippen molar-refractivity contribution in [2.75, 3.05) is 19.6 Å². The van der Waals surface area contributed by atoms with E-state index in [1.165, 1.54) is 21.8 Å². The molecule has 0 radical (unpaired) electrons. The van der Waals surface area contributed by atoms with Crippen molar-refractivity contribution in [2.24, 2.45) is 17.3 Å². The van der Waals surface area contributed by atoms with Gasteiger partial charge in [0.1, 0.15) is 17.3 Å². The van der Waals surface area contributed by atoms with Crippen LogP contribution in [-0.2, 0) is 14.4 Å². The number of aromatic nitrogens is 3. The van der Waals surface area contributed by atoms with Crippen molar-refractivity contribution < 1.29 is 27.6 Å². The lowest BCUT2D eigenvalue weighted by atomic mass is 9.84. The number of carbonyl (C=O) groups excluding carboxylic acids is 3. The van der Waals surface area contributed by atoms with Gasteiger partial charge in [0.15, 0.2) is 0 Å². The highest BCUT2D eigenvalue weighted by Crippen LogP contribution is 2.34. The second kappa shape index (κ2) is 14.1. The molecule has 2 atom stereocenters. The Labute approximate surface area is 225 Å². The predicted molar refractivity (Wildman–Crippen MR) is 138 cm³/mol. The van der Waals surface area contributed by atoms with Gasteiger partial charge in [0.2, 0.25) is 12.3 Å². The Balaban J connectivity index is 0.000000343. The number of rotatable bonds is 5. The van der Waals surface area contributed by atoms with E-state index in [2.05, 4.69) is 42.1 Å². The number of nitrogens with one attached hydrogen (secondary N) is 2. The largest absolute Gasteiger partial charge is 0.471 e. The molecule has 3 rings (SSSR count). The molecule has 0 aliphatic carbocycles.